The van der Waals surface area contributed by atoms with Crippen molar-refractivity contribution in [1.82, 2.24) is 14.7 Å². The Morgan fingerprint density at radius 1 is 1.08 bits per heavy atom. The summed E-state index contributed by atoms with van der Waals surface area (Å²) in [6, 6.07) is 15.2. The fourth-order valence-corrected chi connectivity index (χ4v) is 3.99. The van der Waals surface area contributed by atoms with Crippen LogP contribution >= 0.6 is 11.3 Å². The number of aromatic nitrogens is 2. The number of amidine groups is 1. The number of fused-ring (bicyclic) bond motifs is 1. The Morgan fingerprint density at radius 2 is 1.88 bits per heavy atom. The highest BCUT2D eigenvalue weighted by Gasteiger charge is 2.32. The lowest BCUT2D eigenvalue weighted by Gasteiger charge is -2.34. The van der Waals surface area contributed by atoms with Gasteiger partial charge in [-0.1, -0.05) is 36.4 Å². The van der Waals surface area contributed by atoms with Gasteiger partial charge in [0, 0.05) is 18.7 Å². The van der Waals surface area contributed by atoms with Crippen molar-refractivity contribution in [2.24, 2.45) is 4.99 Å². The van der Waals surface area contributed by atoms with Crippen molar-refractivity contribution >= 4 is 23.0 Å². The van der Waals surface area contributed by atoms with Crippen molar-refractivity contribution in [3.63, 3.8) is 0 Å². The molecule has 3 aromatic rings. The second-order valence-electron chi connectivity index (χ2n) is 6.30. The molecule has 1 aliphatic rings. The molecule has 5 heteroatoms. The van der Waals surface area contributed by atoms with Crippen molar-refractivity contribution in [2.45, 2.75) is 25.9 Å². The van der Waals surface area contributed by atoms with Crippen LogP contribution in [0.15, 0.2) is 59.0 Å². The Bertz CT molecular complexity index is 862. The molecule has 0 bridgehead atoms. The van der Waals surface area contributed by atoms with Gasteiger partial charge in [-0.05, 0) is 30.9 Å². The van der Waals surface area contributed by atoms with Crippen molar-refractivity contribution in [3.8, 4) is 0 Å². The van der Waals surface area contributed by atoms with E-state index in [9.17, 15) is 0 Å². The van der Waals surface area contributed by atoms with E-state index in [1.807, 2.05) is 10.9 Å². The van der Waals surface area contributed by atoms with Gasteiger partial charge in [0.25, 0.3) is 0 Å². The van der Waals surface area contributed by atoms with E-state index in [-0.39, 0.29) is 12.1 Å². The summed E-state index contributed by atoms with van der Waals surface area (Å²) in [5, 5.41) is 6.71. The normalized spacial score (nSPS) is 17.1. The first-order chi connectivity index (χ1) is 11.7. The summed E-state index contributed by atoms with van der Waals surface area (Å²) in [5.41, 5.74) is 2.42. The lowest BCUT2D eigenvalue weighted by Crippen LogP contribution is -2.34. The topological polar surface area (TPSA) is 33.4 Å². The minimum absolute atomic E-state index is 0.128. The van der Waals surface area contributed by atoms with E-state index in [0.717, 1.165) is 17.2 Å². The van der Waals surface area contributed by atoms with Crippen LogP contribution in [0, 0.1) is 0 Å². The van der Waals surface area contributed by atoms with E-state index in [1.54, 1.807) is 11.3 Å². The zero-order valence-corrected chi connectivity index (χ0v) is 14.9. The highest BCUT2D eigenvalue weighted by Crippen LogP contribution is 2.40. The molecule has 122 valence electrons. The van der Waals surface area contributed by atoms with Gasteiger partial charge in [-0.15, -0.1) is 11.3 Å². The third-order valence-corrected chi connectivity index (χ3v) is 5.24. The summed E-state index contributed by atoms with van der Waals surface area (Å²) in [6.45, 7) is 4.28. The molecule has 0 fully saturated rings. The van der Waals surface area contributed by atoms with Crippen LogP contribution in [-0.4, -0.2) is 27.6 Å². The molecule has 2 aromatic heterocycles. The average molecular weight is 336 g/mol. The highest BCUT2D eigenvalue weighted by atomic mass is 32.1. The van der Waals surface area contributed by atoms with Gasteiger partial charge in [-0.3, -0.25) is 0 Å². The molecular weight excluding hydrogens is 316 g/mol. The first-order valence-electron chi connectivity index (χ1n) is 8.14. The molecule has 0 radical (unpaired) electrons. The molecule has 0 N–H and O–H groups in total. The molecule has 0 unspecified atom stereocenters. The van der Waals surface area contributed by atoms with Crippen LogP contribution in [0.3, 0.4) is 0 Å². The number of hydrogen-bond donors (Lipinski definition) is 0. The van der Waals surface area contributed by atoms with Gasteiger partial charge < -0.3 is 4.90 Å². The zero-order chi connectivity index (χ0) is 16.7. The molecule has 3 heterocycles. The van der Waals surface area contributed by atoms with Crippen LogP contribution in [0.4, 0.5) is 5.82 Å². The third kappa shape index (κ3) is 2.36. The number of aliphatic imine (C=N–C) groups is 1. The predicted molar refractivity (Wildman–Crippen MR) is 99.2 cm³/mol. The highest BCUT2D eigenvalue weighted by molar-refractivity contribution is 7.12. The summed E-state index contributed by atoms with van der Waals surface area (Å²) in [5.74, 6) is 1.98. The molecule has 0 aliphatic carbocycles. The maximum absolute atomic E-state index is 4.98. The van der Waals surface area contributed by atoms with Crippen LogP contribution in [0.1, 0.15) is 41.9 Å². The number of benzene rings is 1. The van der Waals surface area contributed by atoms with Gasteiger partial charge in [0.2, 0.25) is 0 Å². The number of rotatable bonds is 3. The van der Waals surface area contributed by atoms with Crippen LogP contribution in [0.2, 0.25) is 0 Å². The van der Waals surface area contributed by atoms with E-state index in [4.69, 9.17) is 4.99 Å². The molecule has 24 heavy (non-hydrogen) atoms. The van der Waals surface area contributed by atoms with Crippen LogP contribution in [0.5, 0.6) is 0 Å². The van der Waals surface area contributed by atoms with Gasteiger partial charge in [-0.2, -0.15) is 5.10 Å². The number of hydrogen-bond acceptors (Lipinski definition) is 4. The number of nitrogens with zero attached hydrogens (tertiary/aromatic N) is 4. The van der Waals surface area contributed by atoms with E-state index >= 15 is 0 Å². The molecule has 0 spiro atoms. The Hall–Kier alpha value is -2.40. The Balaban J connectivity index is 1.92. The summed E-state index contributed by atoms with van der Waals surface area (Å²) < 4.78 is 2.02. The van der Waals surface area contributed by atoms with Gasteiger partial charge in [0.1, 0.15) is 5.84 Å². The largest absolute Gasteiger partial charge is 0.347 e. The van der Waals surface area contributed by atoms with Crippen LogP contribution in [-0.2, 0) is 0 Å². The Morgan fingerprint density at radius 3 is 2.54 bits per heavy atom. The number of thiophene rings is 1. The van der Waals surface area contributed by atoms with Crippen molar-refractivity contribution < 1.29 is 0 Å². The second kappa shape index (κ2) is 5.91. The lowest BCUT2D eigenvalue weighted by atomic mass is 9.97. The van der Waals surface area contributed by atoms with E-state index in [1.165, 1.54) is 10.4 Å². The summed E-state index contributed by atoms with van der Waals surface area (Å²) in [4.78, 5) is 8.42. The monoisotopic (exact) mass is 336 g/mol. The van der Waals surface area contributed by atoms with Gasteiger partial charge in [-0.25, -0.2) is 9.67 Å². The zero-order valence-electron chi connectivity index (χ0n) is 14.0. The predicted octanol–water partition coefficient (Wildman–Crippen LogP) is 4.64. The smallest absolute Gasteiger partial charge is 0.158 e. The second-order valence-corrected chi connectivity index (χ2v) is 7.25. The minimum atomic E-state index is 0.128. The molecule has 1 atom stereocenters. The maximum Gasteiger partial charge on any atom is 0.158 e. The standard InChI is InChI=1S/C19H20N4S/c1-13(2)23-18-15(12-20-23)17(14-8-5-4-6-9-14)22(3)19(21-18)16-10-7-11-24-16/h4-13,17H,1-3H3/t17-/m0/s1. The maximum atomic E-state index is 4.98. The van der Waals surface area contributed by atoms with Gasteiger partial charge in [0.05, 0.1) is 17.1 Å². The Kier molecular flexibility index (Phi) is 3.73. The molecule has 0 amide bonds. The summed E-state index contributed by atoms with van der Waals surface area (Å²) in [6.07, 6.45) is 1.97. The van der Waals surface area contributed by atoms with E-state index in [2.05, 4.69) is 78.7 Å². The molecule has 0 saturated heterocycles. The lowest BCUT2D eigenvalue weighted by molar-refractivity contribution is 0.420. The molecule has 1 aromatic carbocycles. The SMILES string of the molecule is CC(C)n1ncc2c1N=C(c1cccs1)N(C)[C@H]2c1ccccc1. The molecular formula is C19H20N4S. The molecule has 1 aliphatic heterocycles. The fraction of sp³-hybridized carbons (Fsp3) is 0.263. The average Bonchev–Trinajstić information content (AvgIpc) is 3.24. The molecule has 4 nitrogen and oxygen atoms in total. The van der Waals surface area contributed by atoms with Crippen molar-refractivity contribution in [1.29, 1.82) is 0 Å². The Labute approximate surface area is 146 Å². The van der Waals surface area contributed by atoms with Crippen LogP contribution < -0.4 is 0 Å². The molecule has 0 saturated carbocycles. The first kappa shape index (κ1) is 15.1. The van der Waals surface area contributed by atoms with E-state index in [0.29, 0.717) is 0 Å². The quantitative estimate of drug-likeness (QED) is 0.698. The first-order valence-corrected chi connectivity index (χ1v) is 9.02. The molecule has 4 rings (SSSR count). The fourth-order valence-electron chi connectivity index (χ4n) is 3.24. The minimum Gasteiger partial charge on any atom is -0.347 e. The van der Waals surface area contributed by atoms with E-state index < -0.39 is 0 Å². The summed E-state index contributed by atoms with van der Waals surface area (Å²) in [7, 11) is 2.12. The third-order valence-electron chi connectivity index (χ3n) is 4.37. The van der Waals surface area contributed by atoms with Gasteiger partial charge >= 0.3 is 0 Å². The van der Waals surface area contributed by atoms with Gasteiger partial charge in [0.15, 0.2) is 5.82 Å². The van der Waals surface area contributed by atoms with Crippen molar-refractivity contribution in [2.75, 3.05) is 7.05 Å². The van der Waals surface area contributed by atoms with Crippen molar-refractivity contribution in [3.05, 3.63) is 70.0 Å². The van der Waals surface area contributed by atoms with Crippen LogP contribution in [0.25, 0.3) is 0 Å². The summed E-state index contributed by atoms with van der Waals surface area (Å²) >= 11 is 1.72.